The fourth-order valence-corrected chi connectivity index (χ4v) is 2.49. The Hall–Kier alpha value is -1.59. The van der Waals surface area contributed by atoms with Gasteiger partial charge in [-0.2, -0.15) is 0 Å². The molecular formula is C15H26N2O4. The van der Waals surface area contributed by atoms with Crippen molar-refractivity contribution in [3.8, 4) is 0 Å². The summed E-state index contributed by atoms with van der Waals surface area (Å²) in [4.78, 5) is 36.7. The van der Waals surface area contributed by atoms with E-state index >= 15 is 0 Å². The molecule has 120 valence electrons. The lowest BCUT2D eigenvalue weighted by Crippen LogP contribution is -2.51. The maximum absolute atomic E-state index is 12.3. The summed E-state index contributed by atoms with van der Waals surface area (Å²) in [6, 6.07) is -0.618. The summed E-state index contributed by atoms with van der Waals surface area (Å²) in [6.07, 6.45) is 1.64. The Morgan fingerprint density at radius 2 is 1.95 bits per heavy atom. The molecule has 0 saturated carbocycles. The molecule has 1 heterocycles. The number of carbonyl (C=O) groups excluding carboxylic acids is 2. The van der Waals surface area contributed by atoms with Crippen LogP contribution in [0, 0.1) is 11.3 Å². The van der Waals surface area contributed by atoms with Crippen LogP contribution in [0.5, 0.6) is 0 Å². The molecule has 1 saturated heterocycles. The fourth-order valence-electron chi connectivity index (χ4n) is 2.49. The van der Waals surface area contributed by atoms with Crippen LogP contribution in [-0.2, 0) is 14.4 Å². The molecule has 2 unspecified atom stereocenters. The lowest BCUT2D eigenvalue weighted by Gasteiger charge is -2.33. The lowest BCUT2D eigenvalue weighted by atomic mass is 9.92. The van der Waals surface area contributed by atoms with Gasteiger partial charge in [0.15, 0.2) is 0 Å². The summed E-state index contributed by atoms with van der Waals surface area (Å²) in [5.41, 5.74) is -0.133. The second-order valence-electron chi connectivity index (χ2n) is 6.99. The molecule has 0 aliphatic carbocycles. The highest BCUT2D eigenvalue weighted by Crippen LogP contribution is 2.19. The summed E-state index contributed by atoms with van der Waals surface area (Å²) in [5, 5.41) is 11.7. The van der Waals surface area contributed by atoms with Crippen LogP contribution >= 0.6 is 0 Å². The number of carboxylic acid groups (broad SMARTS) is 1. The first kappa shape index (κ1) is 17.5. The van der Waals surface area contributed by atoms with E-state index in [4.69, 9.17) is 5.11 Å². The summed E-state index contributed by atoms with van der Waals surface area (Å²) >= 11 is 0. The van der Waals surface area contributed by atoms with Crippen LogP contribution in [0.2, 0.25) is 0 Å². The van der Waals surface area contributed by atoms with E-state index in [9.17, 15) is 14.4 Å². The molecular weight excluding hydrogens is 272 g/mol. The average Bonchev–Trinajstić information content (AvgIpc) is 2.35. The molecule has 0 bridgehead atoms. The van der Waals surface area contributed by atoms with Crippen molar-refractivity contribution in [1.82, 2.24) is 10.2 Å². The van der Waals surface area contributed by atoms with Crippen LogP contribution in [0.4, 0.5) is 0 Å². The van der Waals surface area contributed by atoms with Crippen LogP contribution in [0.3, 0.4) is 0 Å². The van der Waals surface area contributed by atoms with E-state index in [0.717, 1.165) is 0 Å². The third-order valence-electron chi connectivity index (χ3n) is 3.52. The summed E-state index contributed by atoms with van der Waals surface area (Å²) in [7, 11) is 0. The SMILES string of the molecule is CC(NC(=O)CC(C)(C)C)C(=O)N1CCCC(C(=O)O)C1. The monoisotopic (exact) mass is 298 g/mol. The van der Waals surface area contributed by atoms with E-state index in [-0.39, 0.29) is 23.8 Å². The zero-order valence-electron chi connectivity index (χ0n) is 13.3. The lowest BCUT2D eigenvalue weighted by molar-refractivity contribution is -0.146. The topological polar surface area (TPSA) is 86.7 Å². The van der Waals surface area contributed by atoms with Crippen LogP contribution < -0.4 is 5.32 Å². The van der Waals surface area contributed by atoms with Gasteiger partial charge in [0.05, 0.1) is 5.92 Å². The number of hydrogen-bond donors (Lipinski definition) is 2. The Morgan fingerprint density at radius 1 is 1.33 bits per heavy atom. The van der Waals surface area contributed by atoms with Gasteiger partial charge >= 0.3 is 5.97 Å². The van der Waals surface area contributed by atoms with Crippen molar-refractivity contribution < 1.29 is 19.5 Å². The van der Waals surface area contributed by atoms with Gasteiger partial charge in [-0.3, -0.25) is 14.4 Å². The third kappa shape index (κ3) is 5.73. The number of carboxylic acids is 1. The van der Waals surface area contributed by atoms with Crippen molar-refractivity contribution in [3.63, 3.8) is 0 Å². The first-order valence-corrected chi connectivity index (χ1v) is 7.41. The van der Waals surface area contributed by atoms with Crippen molar-refractivity contribution in [2.75, 3.05) is 13.1 Å². The molecule has 0 aromatic rings. The van der Waals surface area contributed by atoms with Crippen LogP contribution in [0.1, 0.15) is 47.0 Å². The molecule has 6 heteroatoms. The molecule has 1 rings (SSSR count). The second kappa shape index (κ2) is 6.91. The van der Waals surface area contributed by atoms with E-state index < -0.39 is 17.9 Å². The van der Waals surface area contributed by atoms with E-state index in [1.54, 1.807) is 11.8 Å². The Labute approximate surface area is 125 Å². The van der Waals surface area contributed by atoms with Gasteiger partial charge in [0.1, 0.15) is 6.04 Å². The number of nitrogens with zero attached hydrogens (tertiary/aromatic N) is 1. The van der Waals surface area contributed by atoms with Gasteiger partial charge in [-0.25, -0.2) is 0 Å². The van der Waals surface area contributed by atoms with Gasteiger partial charge in [-0.1, -0.05) is 20.8 Å². The zero-order valence-corrected chi connectivity index (χ0v) is 13.3. The maximum atomic E-state index is 12.3. The van der Waals surface area contributed by atoms with Crippen molar-refractivity contribution in [2.45, 2.75) is 53.0 Å². The number of aliphatic carboxylic acids is 1. The number of nitrogens with one attached hydrogen (secondary N) is 1. The van der Waals surface area contributed by atoms with Gasteiger partial charge < -0.3 is 15.3 Å². The fraction of sp³-hybridized carbons (Fsp3) is 0.800. The number of hydrogen-bond acceptors (Lipinski definition) is 3. The molecule has 2 N–H and O–H groups in total. The van der Waals surface area contributed by atoms with E-state index in [1.165, 1.54) is 0 Å². The number of amides is 2. The number of carbonyl (C=O) groups is 3. The average molecular weight is 298 g/mol. The van der Waals surface area contributed by atoms with Crippen LogP contribution in [0.25, 0.3) is 0 Å². The van der Waals surface area contributed by atoms with E-state index in [0.29, 0.717) is 25.8 Å². The number of likely N-dealkylation sites (tertiary alicyclic amines) is 1. The standard InChI is InChI=1S/C15H26N2O4/c1-10(16-12(18)8-15(2,3)4)13(19)17-7-5-6-11(9-17)14(20)21/h10-11H,5-9H2,1-4H3,(H,16,18)(H,20,21). The molecule has 1 aliphatic rings. The molecule has 21 heavy (non-hydrogen) atoms. The summed E-state index contributed by atoms with van der Waals surface area (Å²) in [6.45, 7) is 8.31. The minimum Gasteiger partial charge on any atom is -0.481 e. The van der Waals surface area contributed by atoms with Crippen molar-refractivity contribution in [3.05, 3.63) is 0 Å². The minimum absolute atomic E-state index is 0.133. The molecule has 2 amide bonds. The first-order valence-electron chi connectivity index (χ1n) is 7.41. The van der Waals surface area contributed by atoms with Crippen LogP contribution in [0.15, 0.2) is 0 Å². The molecule has 1 aliphatic heterocycles. The quantitative estimate of drug-likeness (QED) is 0.818. The number of rotatable bonds is 4. The van der Waals surface area contributed by atoms with E-state index in [2.05, 4.69) is 5.32 Å². The predicted molar refractivity (Wildman–Crippen MR) is 78.6 cm³/mol. The molecule has 0 radical (unpaired) electrons. The Kier molecular flexibility index (Phi) is 5.75. The molecule has 0 aromatic carbocycles. The highest BCUT2D eigenvalue weighted by Gasteiger charge is 2.31. The second-order valence-corrected chi connectivity index (χ2v) is 6.99. The molecule has 1 fully saturated rings. The predicted octanol–water partition coefficient (Wildman–Crippen LogP) is 1.25. The van der Waals surface area contributed by atoms with Crippen molar-refractivity contribution in [1.29, 1.82) is 0 Å². The molecule has 0 spiro atoms. The zero-order chi connectivity index (χ0) is 16.2. The highest BCUT2D eigenvalue weighted by atomic mass is 16.4. The molecule has 2 atom stereocenters. The van der Waals surface area contributed by atoms with E-state index in [1.807, 2.05) is 20.8 Å². The minimum atomic E-state index is -0.864. The maximum Gasteiger partial charge on any atom is 0.308 e. The van der Waals surface area contributed by atoms with Crippen molar-refractivity contribution in [2.24, 2.45) is 11.3 Å². The number of piperidine rings is 1. The molecule has 0 aromatic heterocycles. The largest absolute Gasteiger partial charge is 0.481 e. The normalized spacial score (nSPS) is 20.8. The Bertz CT molecular complexity index is 414. The summed E-state index contributed by atoms with van der Waals surface area (Å²) in [5.74, 6) is -1.73. The smallest absolute Gasteiger partial charge is 0.308 e. The summed E-state index contributed by atoms with van der Waals surface area (Å²) < 4.78 is 0. The highest BCUT2D eigenvalue weighted by molar-refractivity contribution is 5.88. The molecule has 6 nitrogen and oxygen atoms in total. The van der Waals surface area contributed by atoms with Gasteiger partial charge in [0, 0.05) is 19.5 Å². The van der Waals surface area contributed by atoms with Crippen LogP contribution in [-0.4, -0.2) is 46.9 Å². The Balaban J connectivity index is 2.54. The first-order chi connectivity index (χ1) is 9.60. The Morgan fingerprint density at radius 3 is 2.48 bits per heavy atom. The van der Waals surface area contributed by atoms with Gasteiger partial charge in [-0.05, 0) is 25.2 Å². The van der Waals surface area contributed by atoms with Gasteiger partial charge in [0.2, 0.25) is 11.8 Å². The van der Waals surface area contributed by atoms with Gasteiger partial charge in [0.25, 0.3) is 0 Å². The van der Waals surface area contributed by atoms with Crippen molar-refractivity contribution >= 4 is 17.8 Å². The van der Waals surface area contributed by atoms with Gasteiger partial charge in [-0.15, -0.1) is 0 Å². The third-order valence-corrected chi connectivity index (χ3v) is 3.52.